The van der Waals surface area contributed by atoms with Crippen molar-refractivity contribution in [1.29, 1.82) is 0 Å². The molecule has 1 N–H and O–H groups in total. The van der Waals surface area contributed by atoms with Crippen LogP contribution in [0.4, 0.5) is 0 Å². The molecule has 2 aromatic heterocycles. The highest BCUT2D eigenvalue weighted by atomic mass is 16.2. The molecule has 22 heavy (non-hydrogen) atoms. The zero-order chi connectivity index (χ0) is 14.9. The van der Waals surface area contributed by atoms with E-state index < -0.39 is 0 Å². The van der Waals surface area contributed by atoms with Gasteiger partial charge in [0.25, 0.3) is 5.91 Å². The van der Waals surface area contributed by atoms with E-state index in [9.17, 15) is 4.79 Å². The first-order valence-corrected chi connectivity index (χ1v) is 7.53. The molecule has 0 unspecified atom stereocenters. The van der Waals surface area contributed by atoms with Gasteiger partial charge in [-0.15, -0.1) is 0 Å². The Morgan fingerprint density at radius 3 is 3.18 bits per heavy atom. The van der Waals surface area contributed by atoms with E-state index >= 15 is 0 Å². The quantitative estimate of drug-likeness (QED) is 0.804. The van der Waals surface area contributed by atoms with Gasteiger partial charge in [-0.2, -0.15) is 10.2 Å². The van der Waals surface area contributed by atoms with E-state index in [-0.39, 0.29) is 11.9 Å². The van der Waals surface area contributed by atoms with Gasteiger partial charge in [-0.3, -0.25) is 14.6 Å². The summed E-state index contributed by atoms with van der Waals surface area (Å²) in [5.41, 5.74) is 1.62. The molecule has 1 saturated heterocycles. The second-order valence-electron chi connectivity index (χ2n) is 5.66. The molecule has 1 aliphatic rings. The van der Waals surface area contributed by atoms with Crippen molar-refractivity contribution in [3.05, 3.63) is 48.4 Å². The van der Waals surface area contributed by atoms with Crippen molar-refractivity contribution in [3.63, 3.8) is 0 Å². The van der Waals surface area contributed by atoms with Gasteiger partial charge in [-0.05, 0) is 31.0 Å². The maximum atomic E-state index is 13.0. The molecule has 0 radical (unpaired) electrons. The molecular formula is C16H17N5O. The van der Waals surface area contributed by atoms with E-state index in [0.29, 0.717) is 0 Å². The first-order chi connectivity index (χ1) is 10.8. The lowest BCUT2D eigenvalue weighted by Crippen LogP contribution is -2.38. The maximum absolute atomic E-state index is 13.0. The van der Waals surface area contributed by atoms with E-state index in [1.807, 2.05) is 40.0 Å². The van der Waals surface area contributed by atoms with Crippen LogP contribution in [0.1, 0.15) is 23.2 Å². The molecule has 0 saturated carbocycles. The smallest absolute Gasteiger partial charge is 0.254 e. The van der Waals surface area contributed by atoms with Crippen LogP contribution in [0.3, 0.4) is 0 Å². The van der Waals surface area contributed by atoms with Crippen molar-refractivity contribution < 1.29 is 4.79 Å². The van der Waals surface area contributed by atoms with E-state index in [2.05, 4.69) is 15.3 Å². The van der Waals surface area contributed by atoms with Crippen LogP contribution in [-0.2, 0) is 6.54 Å². The molecular weight excluding hydrogens is 278 g/mol. The van der Waals surface area contributed by atoms with Crippen LogP contribution in [0.15, 0.2) is 42.9 Å². The summed E-state index contributed by atoms with van der Waals surface area (Å²) in [6.07, 6.45) is 7.50. The molecule has 0 spiro atoms. The molecule has 6 nitrogen and oxygen atoms in total. The molecule has 1 atom stereocenters. The molecule has 1 aliphatic heterocycles. The first kappa shape index (κ1) is 13.1. The Kier molecular flexibility index (Phi) is 3.14. The number of nitrogens with one attached hydrogen (secondary N) is 1. The van der Waals surface area contributed by atoms with Crippen LogP contribution >= 0.6 is 0 Å². The lowest BCUT2D eigenvalue weighted by atomic mass is 10.1. The fourth-order valence-corrected chi connectivity index (χ4v) is 3.23. The molecule has 4 rings (SSSR count). The normalized spacial score (nSPS) is 18.2. The van der Waals surface area contributed by atoms with Crippen molar-refractivity contribution in [1.82, 2.24) is 24.9 Å². The molecule has 1 aromatic carbocycles. The van der Waals surface area contributed by atoms with Crippen molar-refractivity contribution in [2.24, 2.45) is 0 Å². The number of H-pyrrole nitrogens is 1. The average molecular weight is 295 g/mol. The minimum atomic E-state index is 0.0849. The molecule has 1 amide bonds. The average Bonchev–Trinajstić information content (AvgIpc) is 3.27. The third-order valence-corrected chi connectivity index (χ3v) is 4.31. The highest BCUT2D eigenvalue weighted by Crippen LogP contribution is 2.24. The number of fused-ring (bicyclic) bond motifs is 1. The first-order valence-electron chi connectivity index (χ1n) is 7.53. The number of amides is 1. The summed E-state index contributed by atoms with van der Waals surface area (Å²) in [5, 5.41) is 12.1. The number of likely N-dealkylation sites (tertiary alicyclic amines) is 1. The number of nitrogens with zero attached hydrogens (tertiary/aromatic N) is 4. The zero-order valence-corrected chi connectivity index (χ0v) is 12.1. The van der Waals surface area contributed by atoms with E-state index in [1.54, 1.807) is 12.4 Å². The van der Waals surface area contributed by atoms with Gasteiger partial charge in [-0.1, -0.05) is 6.07 Å². The third kappa shape index (κ3) is 2.16. The number of hydrogen-bond acceptors (Lipinski definition) is 3. The van der Waals surface area contributed by atoms with Crippen molar-refractivity contribution >= 4 is 16.8 Å². The van der Waals surface area contributed by atoms with Crippen LogP contribution in [0, 0.1) is 0 Å². The number of aromatic amines is 1. The van der Waals surface area contributed by atoms with Gasteiger partial charge >= 0.3 is 0 Å². The van der Waals surface area contributed by atoms with Gasteiger partial charge < -0.3 is 4.90 Å². The van der Waals surface area contributed by atoms with Gasteiger partial charge in [0.05, 0.1) is 29.9 Å². The van der Waals surface area contributed by atoms with E-state index in [0.717, 1.165) is 42.4 Å². The molecule has 6 heteroatoms. The monoisotopic (exact) mass is 295 g/mol. The number of hydrogen-bond donors (Lipinski definition) is 1. The molecule has 112 valence electrons. The summed E-state index contributed by atoms with van der Waals surface area (Å²) in [4.78, 5) is 14.9. The predicted molar refractivity (Wildman–Crippen MR) is 82.4 cm³/mol. The standard InChI is InChI=1S/C16H17N5O/c22-16(13-5-1-6-15-14(13)10-17-19-15)21-9-2-4-12(21)11-20-8-3-7-18-20/h1,3,5-8,10,12H,2,4,9,11H2,(H,17,19)/t12-/m0/s1. The molecule has 3 heterocycles. The summed E-state index contributed by atoms with van der Waals surface area (Å²) in [6.45, 7) is 1.55. The Balaban J connectivity index is 1.62. The van der Waals surface area contributed by atoms with Crippen molar-refractivity contribution in [3.8, 4) is 0 Å². The second-order valence-corrected chi connectivity index (χ2v) is 5.66. The third-order valence-electron chi connectivity index (χ3n) is 4.31. The van der Waals surface area contributed by atoms with Crippen LogP contribution in [0.5, 0.6) is 0 Å². The van der Waals surface area contributed by atoms with Crippen LogP contribution in [0.2, 0.25) is 0 Å². The summed E-state index contributed by atoms with van der Waals surface area (Å²) in [5.74, 6) is 0.0849. The number of aromatic nitrogens is 4. The fourth-order valence-electron chi connectivity index (χ4n) is 3.23. The number of carbonyl (C=O) groups is 1. The minimum Gasteiger partial charge on any atom is -0.334 e. The van der Waals surface area contributed by atoms with Crippen LogP contribution < -0.4 is 0 Å². The van der Waals surface area contributed by atoms with Crippen molar-refractivity contribution in [2.45, 2.75) is 25.4 Å². The molecule has 0 aliphatic carbocycles. The largest absolute Gasteiger partial charge is 0.334 e. The Labute approximate surface area is 127 Å². The number of carbonyl (C=O) groups excluding carboxylic acids is 1. The summed E-state index contributed by atoms with van der Waals surface area (Å²) >= 11 is 0. The van der Waals surface area contributed by atoms with Gasteiger partial charge in [0.15, 0.2) is 0 Å². The second kappa shape index (κ2) is 5.29. The van der Waals surface area contributed by atoms with E-state index in [1.165, 1.54) is 0 Å². The Bertz CT molecular complexity index is 792. The zero-order valence-electron chi connectivity index (χ0n) is 12.1. The van der Waals surface area contributed by atoms with Crippen LogP contribution in [-0.4, -0.2) is 43.4 Å². The van der Waals surface area contributed by atoms with Gasteiger partial charge in [-0.25, -0.2) is 0 Å². The lowest BCUT2D eigenvalue weighted by Gasteiger charge is -2.25. The number of rotatable bonds is 3. The summed E-state index contributed by atoms with van der Waals surface area (Å²) in [6, 6.07) is 7.82. The lowest BCUT2D eigenvalue weighted by molar-refractivity contribution is 0.0723. The van der Waals surface area contributed by atoms with Crippen LogP contribution in [0.25, 0.3) is 10.9 Å². The maximum Gasteiger partial charge on any atom is 0.254 e. The summed E-state index contributed by atoms with van der Waals surface area (Å²) in [7, 11) is 0. The molecule has 3 aromatic rings. The summed E-state index contributed by atoms with van der Waals surface area (Å²) < 4.78 is 1.90. The Morgan fingerprint density at radius 2 is 2.32 bits per heavy atom. The topological polar surface area (TPSA) is 66.8 Å². The highest BCUT2D eigenvalue weighted by molar-refractivity contribution is 6.06. The molecule has 1 fully saturated rings. The molecule has 0 bridgehead atoms. The Hall–Kier alpha value is -2.63. The van der Waals surface area contributed by atoms with Gasteiger partial charge in [0, 0.05) is 24.3 Å². The fraction of sp³-hybridized carbons (Fsp3) is 0.312. The number of benzene rings is 1. The minimum absolute atomic E-state index is 0.0849. The predicted octanol–water partition coefficient (Wildman–Crippen LogP) is 2.06. The van der Waals surface area contributed by atoms with Crippen molar-refractivity contribution in [2.75, 3.05) is 6.54 Å². The SMILES string of the molecule is O=C(c1cccc2[nH]ncc12)N1CCC[C@H]1Cn1cccn1. The van der Waals surface area contributed by atoms with Gasteiger partial charge in [0.2, 0.25) is 0 Å². The van der Waals surface area contributed by atoms with E-state index in [4.69, 9.17) is 0 Å². The van der Waals surface area contributed by atoms with Gasteiger partial charge in [0.1, 0.15) is 0 Å². The highest BCUT2D eigenvalue weighted by Gasteiger charge is 2.30. The Morgan fingerprint density at radius 1 is 1.36 bits per heavy atom.